The van der Waals surface area contributed by atoms with Gasteiger partial charge in [0.1, 0.15) is 0 Å². The maximum atomic E-state index is 12.5. The molecule has 1 saturated heterocycles. The summed E-state index contributed by atoms with van der Waals surface area (Å²) in [6, 6.07) is 5.65. The third kappa shape index (κ3) is 6.17. The fourth-order valence-corrected chi connectivity index (χ4v) is 3.54. The fourth-order valence-electron chi connectivity index (χ4n) is 3.22. The number of amides is 1. The molecule has 1 aliphatic heterocycles. The lowest BCUT2D eigenvalue weighted by Gasteiger charge is -2.25. The van der Waals surface area contributed by atoms with Crippen molar-refractivity contribution in [1.82, 2.24) is 9.80 Å². The highest BCUT2D eigenvalue weighted by atomic mass is 35.5. The molecule has 1 aliphatic rings. The Kier molecular flexibility index (Phi) is 7.54. The van der Waals surface area contributed by atoms with Gasteiger partial charge in [0.2, 0.25) is 5.91 Å². The standard InChI is InChI=1S/C18H24Cl2N2O3/c1-21(12-18(24)25)14-3-2-9-22(10-8-14)17(23)7-5-13-4-6-15(19)16(20)11-13/h4,6,11,14H,2-3,5,7-10,12H2,1H3,(H,24,25). The quantitative estimate of drug-likeness (QED) is 0.814. The van der Waals surface area contributed by atoms with Gasteiger partial charge in [0.25, 0.3) is 0 Å². The number of carbonyl (C=O) groups excluding carboxylic acids is 1. The van der Waals surface area contributed by atoms with E-state index in [0.717, 1.165) is 31.4 Å². The highest BCUT2D eigenvalue weighted by molar-refractivity contribution is 6.42. The zero-order valence-electron chi connectivity index (χ0n) is 14.4. The van der Waals surface area contributed by atoms with E-state index in [2.05, 4.69) is 0 Å². The Bertz CT molecular complexity index is 624. The number of aryl methyl sites for hydroxylation is 1. The third-order valence-electron chi connectivity index (χ3n) is 4.67. The van der Waals surface area contributed by atoms with E-state index in [1.54, 1.807) is 12.1 Å². The Balaban J connectivity index is 1.83. The monoisotopic (exact) mass is 386 g/mol. The van der Waals surface area contributed by atoms with Crippen molar-refractivity contribution >= 4 is 35.1 Å². The molecule has 1 heterocycles. The number of benzene rings is 1. The lowest BCUT2D eigenvalue weighted by molar-refractivity contribution is -0.138. The van der Waals surface area contributed by atoms with Crippen LogP contribution in [0.1, 0.15) is 31.2 Å². The third-order valence-corrected chi connectivity index (χ3v) is 5.41. The topological polar surface area (TPSA) is 60.9 Å². The van der Waals surface area contributed by atoms with Gasteiger partial charge >= 0.3 is 5.97 Å². The van der Waals surface area contributed by atoms with E-state index in [9.17, 15) is 9.59 Å². The summed E-state index contributed by atoms with van der Waals surface area (Å²) >= 11 is 11.9. The van der Waals surface area contributed by atoms with Crippen LogP contribution in [0, 0.1) is 0 Å². The van der Waals surface area contributed by atoms with Gasteiger partial charge < -0.3 is 10.0 Å². The van der Waals surface area contributed by atoms with Crippen LogP contribution in [0.15, 0.2) is 18.2 Å². The summed E-state index contributed by atoms with van der Waals surface area (Å²) in [6.07, 6.45) is 3.69. The molecule has 0 spiro atoms. The molecule has 0 bridgehead atoms. The van der Waals surface area contributed by atoms with Crippen LogP contribution in [-0.4, -0.2) is 59.5 Å². The summed E-state index contributed by atoms with van der Waals surface area (Å²) in [5.74, 6) is -0.686. The predicted octanol–water partition coefficient (Wildman–Crippen LogP) is 3.32. The number of likely N-dealkylation sites (N-methyl/N-ethyl adjacent to an activating group) is 1. The average Bonchev–Trinajstić information content (AvgIpc) is 2.81. The number of carboxylic acids is 1. The SMILES string of the molecule is CN(CC(=O)O)C1CCCN(C(=O)CCc2ccc(Cl)c(Cl)c2)CC1. The summed E-state index contributed by atoms with van der Waals surface area (Å²) in [5.41, 5.74) is 0.997. The first-order valence-electron chi connectivity index (χ1n) is 8.50. The molecule has 0 radical (unpaired) electrons. The molecule has 5 nitrogen and oxygen atoms in total. The van der Waals surface area contributed by atoms with Gasteiger partial charge in [-0.2, -0.15) is 0 Å². The number of carboxylic acid groups (broad SMARTS) is 1. The van der Waals surface area contributed by atoms with Gasteiger partial charge in [-0.3, -0.25) is 14.5 Å². The van der Waals surface area contributed by atoms with E-state index in [1.165, 1.54) is 0 Å². The minimum absolute atomic E-state index is 0.0376. The van der Waals surface area contributed by atoms with Gasteiger partial charge in [0, 0.05) is 25.6 Å². The average molecular weight is 387 g/mol. The second-order valence-corrected chi connectivity index (χ2v) is 7.34. The van der Waals surface area contributed by atoms with E-state index < -0.39 is 5.97 Å². The first-order chi connectivity index (χ1) is 11.9. The lowest BCUT2D eigenvalue weighted by atomic mass is 10.1. The summed E-state index contributed by atoms with van der Waals surface area (Å²) in [4.78, 5) is 27.1. The number of likely N-dealkylation sites (tertiary alicyclic amines) is 1. The highest BCUT2D eigenvalue weighted by Gasteiger charge is 2.23. The van der Waals surface area contributed by atoms with Crippen LogP contribution in [0.4, 0.5) is 0 Å². The number of nitrogens with zero attached hydrogens (tertiary/aromatic N) is 2. The van der Waals surface area contributed by atoms with Crippen LogP contribution in [-0.2, 0) is 16.0 Å². The second kappa shape index (κ2) is 9.41. The van der Waals surface area contributed by atoms with Crippen LogP contribution in [0.3, 0.4) is 0 Å². The van der Waals surface area contributed by atoms with Crippen molar-refractivity contribution in [1.29, 1.82) is 0 Å². The van der Waals surface area contributed by atoms with E-state index in [1.807, 2.05) is 22.9 Å². The number of aliphatic carboxylic acids is 1. The fraction of sp³-hybridized carbons (Fsp3) is 0.556. The first-order valence-corrected chi connectivity index (χ1v) is 9.26. The Morgan fingerprint density at radius 1 is 1.24 bits per heavy atom. The summed E-state index contributed by atoms with van der Waals surface area (Å²) < 4.78 is 0. The Morgan fingerprint density at radius 2 is 2.00 bits per heavy atom. The van der Waals surface area contributed by atoms with Crippen LogP contribution in [0.5, 0.6) is 0 Å². The molecule has 1 atom stereocenters. The molecule has 1 aromatic rings. The normalized spacial score (nSPS) is 18.2. The molecule has 138 valence electrons. The van der Waals surface area contributed by atoms with E-state index in [0.29, 0.717) is 29.4 Å². The molecular weight excluding hydrogens is 363 g/mol. The molecule has 7 heteroatoms. The lowest BCUT2D eigenvalue weighted by Crippen LogP contribution is -2.37. The van der Waals surface area contributed by atoms with Crippen LogP contribution in [0.2, 0.25) is 10.0 Å². The second-order valence-electron chi connectivity index (χ2n) is 6.52. The van der Waals surface area contributed by atoms with Crippen molar-refractivity contribution in [3.63, 3.8) is 0 Å². The van der Waals surface area contributed by atoms with Crippen molar-refractivity contribution in [2.45, 2.75) is 38.1 Å². The van der Waals surface area contributed by atoms with Crippen molar-refractivity contribution in [2.24, 2.45) is 0 Å². The summed E-state index contributed by atoms with van der Waals surface area (Å²) in [5, 5.41) is 9.94. The summed E-state index contributed by atoms with van der Waals surface area (Å²) in [7, 11) is 1.83. The van der Waals surface area contributed by atoms with Crippen molar-refractivity contribution in [3.05, 3.63) is 33.8 Å². The van der Waals surface area contributed by atoms with Gasteiger partial charge in [0.05, 0.1) is 16.6 Å². The highest BCUT2D eigenvalue weighted by Crippen LogP contribution is 2.23. The number of halogens is 2. The molecule has 1 aromatic carbocycles. The first kappa shape index (κ1) is 20.0. The van der Waals surface area contributed by atoms with Crippen LogP contribution >= 0.6 is 23.2 Å². The van der Waals surface area contributed by atoms with Gasteiger partial charge in [-0.15, -0.1) is 0 Å². The Labute approximate surface area is 158 Å². The molecule has 0 aliphatic carbocycles. The van der Waals surface area contributed by atoms with E-state index >= 15 is 0 Å². The molecule has 2 rings (SSSR count). The zero-order chi connectivity index (χ0) is 18.4. The molecule has 25 heavy (non-hydrogen) atoms. The maximum Gasteiger partial charge on any atom is 0.317 e. The minimum Gasteiger partial charge on any atom is -0.480 e. The number of hydrogen-bond donors (Lipinski definition) is 1. The summed E-state index contributed by atoms with van der Waals surface area (Å²) in [6.45, 7) is 1.45. The molecular formula is C18H24Cl2N2O3. The van der Waals surface area contributed by atoms with Crippen molar-refractivity contribution < 1.29 is 14.7 Å². The van der Waals surface area contributed by atoms with Gasteiger partial charge in [0.15, 0.2) is 0 Å². The van der Waals surface area contributed by atoms with Crippen LogP contribution < -0.4 is 0 Å². The van der Waals surface area contributed by atoms with Gasteiger partial charge in [-0.05, 0) is 50.4 Å². The molecule has 1 fully saturated rings. The van der Waals surface area contributed by atoms with E-state index in [-0.39, 0.29) is 18.5 Å². The van der Waals surface area contributed by atoms with Crippen molar-refractivity contribution in [3.8, 4) is 0 Å². The number of carbonyl (C=O) groups is 2. The molecule has 1 amide bonds. The molecule has 1 unspecified atom stereocenters. The Morgan fingerprint density at radius 3 is 2.68 bits per heavy atom. The molecule has 1 N–H and O–H groups in total. The molecule has 0 aromatic heterocycles. The number of rotatable bonds is 6. The molecule has 0 saturated carbocycles. The van der Waals surface area contributed by atoms with Crippen LogP contribution in [0.25, 0.3) is 0 Å². The zero-order valence-corrected chi connectivity index (χ0v) is 15.9. The maximum absolute atomic E-state index is 12.5. The van der Waals surface area contributed by atoms with Crippen molar-refractivity contribution in [2.75, 3.05) is 26.7 Å². The predicted molar refractivity (Wildman–Crippen MR) is 99.3 cm³/mol. The minimum atomic E-state index is -0.818. The van der Waals surface area contributed by atoms with E-state index in [4.69, 9.17) is 28.3 Å². The Hall–Kier alpha value is -1.30. The van der Waals surface area contributed by atoms with Gasteiger partial charge in [-0.1, -0.05) is 29.3 Å². The number of hydrogen-bond acceptors (Lipinski definition) is 3. The smallest absolute Gasteiger partial charge is 0.317 e. The van der Waals surface area contributed by atoms with Gasteiger partial charge in [-0.25, -0.2) is 0 Å². The largest absolute Gasteiger partial charge is 0.480 e.